The van der Waals surface area contributed by atoms with Gasteiger partial charge < -0.3 is 33.2 Å². The molecule has 5 rings (SSSR count). The first-order valence-electron chi connectivity index (χ1n) is 19.4. The van der Waals surface area contributed by atoms with Crippen molar-refractivity contribution in [1.29, 1.82) is 0 Å². The Balaban J connectivity index is 0.959. The molecule has 1 saturated carbocycles. The number of carbonyl (C=O) groups is 3. The number of nitrogens with zero attached hydrogens (tertiary/aromatic N) is 1. The van der Waals surface area contributed by atoms with Crippen LogP contribution in [0.4, 0.5) is 9.18 Å². The van der Waals surface area contributed by atoms with E-state index in [4.69, 9.17) is 38.1 Å². The summed E-state index contributed by atoms with van der Waals surface area (Å²) in [5.74, 6) is 0.0984. The van der Waals surface area contributed by atoms with Crippen LogP contribution in [-0.4, -0.2) is 99.1 Å². The molecule has 1 aromatic heterocycles. The number of para-hydroxylation sites is 1. The summed E-state index contributed by atoms with van der Waals surface area (Å²) in [6.45, 7) is 1.93. The van der Waals surface area contributed by atoms with Gasteiger partial charge in [0.2, 0.25) is 0 Å². The Kier molecular flexibility index (Phi) is 18.2. The van der Waals surface area contributed by atoms with Crippen LogP contribution < -0.4 is 0 Å². The maximum Gasteiger partial charge on any atom is 0.508 e. The summed E-state index contributed by atoms with van der Waals surface area (Å²) in [7, 11) is 0. The molecular weight excluding hydrogens is 762 g/mol. The van der Waals surface area contributed by atoms with Gasteiger partial charge in [0.1, 0.15) is 31.2 Å². The second-order valence-electron chi connectivity index (χ2n) is 13.7. The van der Waals surface area contributed by atoms with Gasteiger partial charge in [0.15, 0.2) is 0 Å². The molecule has 3 unspecified atom stereocenters. The second-order valence-corrected chi connectivity index (χ2v) is 14.9. The van der Waals surface area contributed by atoms with E-state index < -0.39 is 24.3 Å². The largest absolute Gasteiger partial charge is 0.508 e. The molecule has 0 amide bonds. The highest BCUT2D eigenvalue weighted by Gasteiger charge is 2.32. The van der Waals surface area contributed by atoms with E-state index in [2.05, 4.69) is 25.3 Å². The third-order valence-electron chi connectivity index (χ3n) is 9.28. The number of pyridine rings is 1. The minimum atomic E-state index is -0.894. The maximum absolute atomic E-state index is 13.9. The van der Waals surface area contributed by atoms with E-state index in [0.29, 0.717) is 50.6 Å². The normalized spacial score (nSPS) is 17.5. The quantitative estimate of drug-likeness (QED) is 0.0396. The lowest BCUT2D eigenvalue weighted by Crippen LogP contribution is -2.34. The molecule has 2 aromatic carbocycles. The van der Waals surface area contributed by atoms with Crippen LogP contribution in [0.15, 0.2) is 54.6 Å². The number of thiol groups is 2. The Morgan fingerprint density at radius 2 is 1.57 bits per heavy atom. The predicted octanol–water partition coefficient (Wildman–Crippen LogP) is 7.93. The van der Waals surface area contributed by atoms with E-state index in [-0.39, 0.29) is 44.4 Å². The van der Waals surface area contributed by atoms with E-state index in [1.54, 1.807) is 18.2 Å². The summed E-state index contributed by atoms with van der Waals surface area (Å²) in [6.07, 6.45) is 7.74. The number of hydrogen-bond acceptors (Lipinski definition) is 13. The van der Waals surface area contributed by atoms with Crippen molar-refractivity contribution in [1.82, 2.24) is 4.98 Å². The lowest BCUT2D eigenvalue weighted by Gasteiger charge is -2.26. The van der Waals surface area contributed by atoms with Crippen molar-refractivity contribution >= 4 is 60.3 Å². The molecule has 0 spiro atoms. The van der Waals surface area contributed by atoms with Crippen LogP contribution in [0.2, 0.25) is 0 Å². The molecule has 304 valence electrons. The van der Waals surface area contributed by atoms with Gasteiger partial charge in [-0.05, 0) is 67.7 Å². The van der Waals surface area contributed by atoms with E-state index in [0.717, 1.165) is 77.6 Å². The molecule has 2 aliphatic rings. The number of esters is 2. The minimum absolute atomic E-state index is 0.0298. The average Bonchev–Trinajstić information content (AvgIpc) is 4.03. The van der Waals surface area contributed by atoms with Crippen molar-refractivity contribution in [3.8, 4) is 11.1 Å². The Morgan fingerprint density at radius 1 is 0.893 bits per heavy atom. The molecule has 2 heterocycles. The number of unbranched alkanes of at least 4 members (excludes halogenated alkanes) is 1. The van der Waals surface area contributed by atoms with Gasteiger partial charge in [-0.3, -0.25) is 14.6 Å². The molecule has 0 radical (unpaired) electrons. The molecule has 1 aliphatic heterocycles. The highest BCUT2D eigenvalue weighted by molar-refractivity contribution is 7.81. The van der Waals surface area contributed by atoms with E-state index in [1.165, 1.54) is 12.1 Å². The molecule has 3 aromatic rings. The molecule has 14 heteroatoms. The number of halogens is 1. The Bertz CT molecular complexity index is 1740. The summed E-state index contributed by atoms with van der Waals surface area (Å²) in [5, 5.41) is 1.26. The van der Waals surface area contributed by atoms with E-state index in [1.807, 2.05) is 30.3 Å². The SMILES string of the molecule is O=C(CCCCC(S)CCS)OCCOCCOCCOCCOC(=O)OC1CC(=O)OC(/C=C/c2c(C3CC3)nc3ccccc3c2-c2ccc(F)cc2)C1. The van der Waals surface area contributed by atoms with E-state index in [9.17, 15) is 18.8 Å². The number of aromatic nitrogens is 1. The van der Waals surface area contributed by atoms with Crippen molar-refractivity contribution in [3.05, 3.63) is 71.7 Å². The standard InChI is InChI=1S/C42H52FNO10S2/c43-31-13-11-29(12-14-31)40-35-6-2-3-7-37(35)44-41(30-9-10-30)36(40)16-15-32-27-33(28-39(46)53-32)54-42(47)52-25-23-50-21-19-48-18-20-49-22-24-51-38(45)8-4-1-5-34(56)17-26-55/h2-3,6-7,11-16,30,32-34,55-56H,1,4-5,8-10,17-28H2/b16-15+. The second kappa shape index (κ2) is 23.5. The van der Waals surface area contributed by atoms with Crippen molar-refractivity contribution in [2.45, 2.75) is 81.2 Å². The zero-order valence-electron chi connectivity index (χ0n) is 31.6. The van der Waals surface area contributed by atoms with Crippen molar-refractivity contribution in [2.24, 2.45) is 0 Å². The molecule has 56 heavy (non-hydrogen) atoms. The van der Waals surface area contributed by atoms with E-state index >= 15 is 0 Å². The predicted molar refractivity (Wildman–Crippen MR) is 217 cm³/mol. The molecule has 2 fully saturated rings. The minimum Gasteiger partial charge on any atom is -0.463 e. The fraction of sp³-hybridized carbons (Fsp3) is 0.524. The zero-order chi connectivity index (χ0) is 39.5. The number of ether oxygens (including phenoxy) is 7. The number of carbonyl (C=O) groups excluding carboxylic acids is 3. The summed E-state index contributed by atoms with van der Waals surface area (Å²) < 4.78 is 51.6. The number of benzene rings is 2. The monoisotopic (exact) mass is 813 g/mol. The van der Waals surface area contributed by atoms with Crippen molar-refractivity contribution < 1.29 is 51.9 Å². The third kappa shape index (κ3) is 14.7. The van der Waals surface area contributed by atoms with Crippen LogP contribution in [0, 0.1) is 5.82 Å². The molecule has 0 bridgehead atoms. The molecule has 1 saturated heterocycles. The van der Waals surface area contributed by atoms with Gasteiger partial charge in [-0.25, -0.2) is 9.18 Å². The first-order chi connectivity index (χ1) is 27.3. The zero-order valence-corrected chi connectivity index (χ0v) is 33.4. The smallest absolute Gasteiger partial charge is 0.463 e. The van der Waals surface area contributed by atoms with Crippen LogP contribution in [0.1, 0.15) is 75.0 Å². The summed E-state index contributed by atoms with van der Waals surface area (Å²) in [6, 6.07) is 14.3. The van der Waals surface area contributed by atoms with Gasteiger partial charge in [0.05, 0.1) is 57.3 Å². The van der Waals surface area contributed by atoms with Crippen LogP contribution in [-0.2, 0) is 42.7 Å². The topological polar surface area (TPSA) is 129 Å². The molecule has 3 atom stereocenters. The highest BCUT2D eigenvalue weighted by Crippen LogP contribution is 2.45. The van der Waals surface area contributed by atoms with Crippen LogP contribution in [0.25, 0.3) is 28.1 Å². The summed E-state index contributed by atoms with van der Waals surface area (Å²) in [4.78, 5) is 41.8. The van der Waals surface area contributed by atoms with Crippen LogP contribution >= 0.6 is 25.3 Å². The summed E-state index contributed by atoms with van der Waals surface area (Å²) >= 11 is 8.69. The molecule has 0 N–H and O–H groups in total. The number of hydrogen-bond donors (Lipinski definition) is 2. The fourth-order valence-electron chi connectivity index (χ4n) is 6.34. The number of rotatable bonds is 24. The van der Waals surface area contributed by atoms with Gasteiger partial charge in [0, 0.05) is 40.5 Å². The molecular formula is C42H52FNO10S2. The average molecular weight is 814 g/mol. The lowest BCUT2D eigenvalue weighted by molar-refractivity contribution is -0.157. The van der Waals surface area contributed by atoms with Gasteiger partial charge in [-0.1, -0.05) is 42.8 Å². The van der Waals surface area contributed by atoms with Crippen LogP contribution in [0.3, 0.4) is 0 Å². The number of fused-ring (bicyclic) bond motifs is 1. The third-order valence-corrected chi connectivity index (χ3v) is 10.1. The lowest BCUT2D eigenvalue weighted by atomic mass is 9.92. The first-order valence-corrected chi connectivity index (χ1v) is 20.5. The Labute approximate surface area is 338 Å². The Morgan fingerprint density at radius 3 is 2.27 bits per heavy atom. The highest BCUT2D eigenvalue weighted by atomic mass is 32.1. The first kappa shape index (κ1) is 43.4. The fourth-order valence-corrected chi connectivity index (χ4v) is 7.17. The van der Waals surface area contributed by atoms with Crippen LogP contribution in [0.5, 0.6) is 0 Å². The maximum atomic E-state index is 13.9. The van der Waals surface area contributed by atoms with Gasteiger partial charge in [-0.2, -0.15) is 25.3 Å². The van der Waals surface area contributed by atoms with Gasteiger partial charge in [0.25, 0.3) is 0 Å². The molecule has 11 nitrogen and oxygen atoms in total. The van der Waals surface area contributed by atoms with Gasteiger partial charge >= 0.3 is 18.1 Å². The van der Waals surface area contributed by atoms with Gasteiger partial charge in [-0.15, -0.1) is 0 Å². The number of cyclic esters (lactones) is 1. The van der Waals surface area contributed by atoms with Crippen molar-refractivity contribution in [2.75, 3.05) is 58.6 Å². The Hall–Kier alpha value is -3.69. The summed E-state index contributed by atoms with van der Waals surface area (Å²) in [5.41, 5.74) is 4.51. The van der Waals surface area contributed by atoms with Crippen molar-refractivity contribution in [3.63, 3.8) is 0 Å². The molecule has 1 aliphatic carbocycles.